The molecule has 2 N–H and O–H groups in total. The molecular weight excluding hydrogens is 364 g/mol. The molecule has 2 aromatic heterocycles. The average molecular weight is 382 g/mol. The fourth-order valence-electron chi connectivity index (χ4n) is 3.59. The third kappa shape index (κ3) is 3.12. The monoisotopic (exact) mass is 382 g/mol. The summed E-state index contributed by atoms with van der Waals surface area (Å²) in [6.07, 6.45) is 1.82. The summed E-state index contributed by atoms with van der Waals surface area (Å²) in [5.41, 5.74) is 5.02. The predicted octanol–water partition coefficient (Wildman–Crippen LogP) is 1.92. The van der Waals surface area contributed by atoms with Crippen molar-refractivity contribution in [1.29, 1.82) is 0 Å². The summed E-state index contributed by atoms with van der Waals surface area (Å²) in [5, 5.41) is 6.80. The van der Waals surface area contributed by atoms with Crippen molar-refractivity contribution in [2.45, 2.75) is 25.4 Å². The normalized spacial score (nSPS) is 16.7. The number of nitrogens with zero attached hydrogens (tertiary/aromatic N) is 3. The molecule has 0 saturated carbocycles. The minimum atomic E-state index is -0.731. The number of nitrogens with two attached hydrogens (primary N) is 1. The third-order valence-corrected chi connectivity index (χ3v) is 5.80. The lowest BCUT2D eigenvalue weighted by molar-refractivity contribution is -0.133. The van der Waals surface area contributed by atoms with E-state index >= 15 is 0 Å². The topological polar surface area (TPSA) is 98.3 Å². The Bertz CT molecular complexity index is 1070. The third-order valence-electron chi connectivity index (χ3n) is 4.83. The average Bonchev–Trinajstić information content (AvgIpc) is 3.35. The first-order chi connectivity index (χ1) is 13.1. The van der Waals surface area contributed by atoms with Crippen molar-refractivity contribution in [2.75, 3.05) is 6.54 Å². The second kappa shape index (κ2) is 6.96. The number of rotatable bonds is 4. The molecule has 1 aliphatic heterocycles. The molecular formula is C19H18N4O3S. The fraction of sp³-hybridized carbons (Fsp3) is 0.263. The molecule has 1 atom stereocenters. The summed E-state index contributed by atoms with van der Waals surface area (Å²) in [4.78, 5) is 40.4. The lowest BCUT2D eigenvalue weighted by Crippen LogP contribution is -2.37. The number of benzene rings is 1. The van der Waals surface area contributed by atoms with Gasteiger partial charge in [-0.05, 0) is 30.4 Å². The second-order valence-corrected chi connectivity index (χ2v) is 7.46. The maximum absolute atomic E-state index is 12.9. The van der Waals surface area contributed by atoms with Crippen LogP contribution in [-0.2, 0) is 11.3 Å². The van der Waals surface area contributed by atoms with Gasteiger partial charge in [0.2, 0.25) is 5.91 Å². The van der Waals surface area contributed by atoms with Crippen molar-refractivity contribution >= 4 is 33.9 Å². The molecule has 0 radical (unpaired) electrons. The van der Waals surface area contributed by atoms with Crippen LogP contribution in [0.4, 0.5) is 0 Å². The van der Waals surface area contributed by atoms with E-state index in [-0.39, 0.29) is 24.2 Å². The summed E-state index contributed by atoms with van der Waals surface area (Å²) < 4.78 is 1.05. The summed E-state index contributed by atoms with van der Waals surface area (Å²) >= 11 is 1.62. The number of thiophene rings is 1. The molecule has 3 aromatic rings. The van der Waals surface area contributed by atoms with Crippen molar-refractivity contribution in [3.05, 3.63) is 62.7 Å². The number of likely N-dealkylation sites (tertiary alicyclic amines) is 1. The van der Waals surface area contributed by atoms with Gasteiger partial charge in [0.25, 0.3) is 11.5 Å². The van der Waals surface area contributed by atoms with Gasteiger partial charge in [0, 0.05) is 16.8 Å². The molecule has 1 aliphatic rings. The van der Waals surface area contributed by atoms with Gasteiger partial charge in [0.1, 0.15) is 6.54 Å². The van der Waals surface area contributed by atoms with Crippen molar-refractivity contribution in [3.63, 3.8) is 0 Å². The minimum absolute atomic E-state index is 0.00534. The van der Waals surface area contributed by atoms with Crippen molar-refractivity contribution in [1.82, 2.24) is 14.7 Å². The zero-order valence-corrected chi connectivity index (χ0v) is 15.3. The summed E-state index contributed by atoms with van der Waals surface area (Å²) in [5.74, 6) is -0.920. The summed E-state index contributed by atoms with van der Waals surface area (Å²) in [6, 6.07) is 10.7. The van der Waals surface area contributed by atoms with E-state index in [2.05, 4.69) is 5.10 Å². The number of fused-ring (bicyclic) bond motifs is 1. The molecule has 1 aromatic carbocycles. The quantitative estimate of drug-likeness (QED) is 0.745. The molecule has 4 rings (SSSR count). The molecule has 0 spiro atoms. The molecule has 1 fully saturated rings. The van der Waals surface area contributed by atoms with Gasteiger partial charge >= 0.3 is 0 Å². The minimum Gasteiger partial charge on any atom is -0.364 e. The molecule has 8 heteroatoms. The highest BCUT2D eigenvalue weighted by Gasteiger charge is 2.31. The first-order valence-electron chi connectivity index (χ1n) is 8.69. The van der Waals surface area contributed by atoms with Gasteiger partial charge in [-0.1, -0.05) is 24.3 Å². The molecule has 138 valence electrons. The Morgan fingerprint density at radius 2 is 1.96 bits per heavy atom. The van der Waals surface area contributed by atoms with Crippen LogP contribution in [0, 0.1) is 0 Å². The smallest absolute Gasteiger partial charge is 0.275 e. The number of aromatic nitrogens is 2. The number of amides is 2. The Balaban J connectivity index is 1.69. The van der Waals surface area contributed by atoms with E-state index in [1.54, 1.807) is 40.5 Å². The van der Waals surface area contributed by atoms with E-state index in [1.807, 2.05) is 17.5 Å². The highest BCUT2D eigenvalue weighted by atomic mass is 32.1. The zero-order valence-electron chi connectivity index (χ0n) is 14.5. The van der Waals surface area contributed by atoms with E-state index in [0.29, 0.717) is 17.3 Å². The van der Waals surface area contributed by atoms with Crippen LogP contribution < -0.4 is 11.3 Å². The molecule has 1 saturated heterocycles. The van der Waals surface area contributed by atoms with Gasteiger partial charge in [-0.25, -0.2) is 4.68 Å². The Morgan fingerprint density at radius 1 is 1.19 bits per heavy atom. The number of hydrogen-bond acceptors (Lipinski definition) is 5. The number of primary amides is 1. The Kier molecular flexibility index (Phi) is 4.49. The van der Waals surface area contributed by atoms with Crippen molar-refractivity contribution < 1.29 is 9.59 Å². The second-order valence-electron chi connectivity index (χ2n) is 6.48. The van der Waals surface area contributed by atoms with Crippen LogP contribution in [0.5, 0.6) is 0 Å². The molecule has 3 heterocycles. The van der Waals surface area contributed by atoms with E-state index in [1.165, 1.54) is 0 Å². The van der Waals surface area contributed by atoms with Crippen LogP contribution >= 0.6 is 11.3 Å². The van der Waals surface area contributed by atoms with Crippen LogP contribution in [0.2, 0.25) is 0 Å². The lowest BCUT2D eigenvalue weighted by Gasteiger charge is -2.24. The highest BCUT2D eigenvalue weighted by Crippen LogP contribution is 2.34. The fourth-order valence-corrected chi connectivity index (χ4v) is 4.46. The van der Waals surface area contributed by atoms with E-state index < -0.39 is 11.5 Å². The largest absolute Gasteiger partial charge is 0.364 e. The number of hydrogen-bond donors (Lipinski definition) is 1. The standard InChI is InChI=1S/C19H18N4O3S/c20-18(25)17-12-5-1-2-6-13(12)19(26)23(21-17)11-16(24)22-9-3-7-14(22)15-8-4-10-27-15/h1-2,4-6,8,10,14H,3,7,9,11H2,(H2,20,25)/t14-/m1/s1. The molecule has 0 aliphatic carbocycles. The molecule has 7 nitrogen and oxygen atoms in total. The SMILES string of the molecule is NC(=O)c1nn(CC(=O)N2CCC[C@@H]2c2cccs2)c(=O)c2ccccc12. The Hall–Kier alpha value is -3.00. The van der Waals surface area contributed by atoms with Gasteiger partial charge in [-0.3, -0.25) is 14.4 Å². The van der Waals surface area contributed by atoms with Crippen LogP contribution in [0.15, 0.2) is 46.6 Å². The Morgan fingerprint density at radius 3 is 2.67 bits per heavy atom. The molecule has 27 heavy (non-hydrogen) atoms. The van der Waals surface area contributed by atoms with Gasteiger partial charge in [-0.15, -0.1) is 11.3 Å². The Labute approximate surface area is 159 Å². The van der Waals surface area contributed by atoms with Crippen molar-refractivity contribution in [2.24, 2.45) is 5.73 Å². The maximum atomic E-state index is 12.9. The number of carbonyl (C=O) groups is 2. The van der Waals surface area contributed by atoms with Crippen LogP contribution in [-0.4, -0.2) is 33.0 Å². The maximum Gasteiger partial charge on any atom is 0.275 e. The molecule has 0 bridgehead atoms. The van der Waals surface area contributed by atoms with E-state index in [9.17, 15) is 14.4 Å². The summed E-state index contributed by atoms with van der Waals surface area (Å²) in [7, 11) is 0. The first-order valence-corrected chi connectivity index (χ1v) is 9.57. The number of carbonyl (C=O) groups excluding carboxylic acids is 2. The van der Waals surface area contributed by atoms with Gasteiger partial charge in [0.05, 0.1) is 11.4 Å². The summed E-state index contributed by atoms with van der Waals surface area (Å²) in [6.45, 7) is 0.429. The van der Waals surface area contributed by atoms with Gasteiger partial charge in [-0.2, -0.15) is 5.10 Å². The zero-order chi connectivity index (χ0) is 19.0. The predicted molar refractivity (Wildman–Crippen MR) is 103 cm³/mol. The van der Waals surface area contributed by atoms with Crippen LogP contribution in [0.1, 0.15) is 34.2 Å². The molecule has 2 amide bonds. The first kappa shape index (κ1) is 17.4. The molecule has 0 unspecified atom stereocenters. The van der Waals surface area contributed by atoms with Gasteiger partial charge < -0.3 is 10.6 Å². The van der Waals surface area contributed by atoms with Crippen LogP contribution in [0.25, 0.3) is 10.8 Å². The van der Waals surface area contributed by atoms with Gasteiger partial charge in [0.15, 0.2) is 5.69 Å². The highest BCUT2D eigenvalue weighted by molar-refractivity contribution is 7.10. The van der Waals surface area contributed by atoms with Crippen molar-refractivity contribution in [3.8, 4) is 0 Å². The lowest BCUT2D eigenvalue weighted by atomic mass is 10.1. The van der Waals surface area contributed by atoms with Crippen LogP contribution in [0.3, 0.4) is 0 Å². The van der Waals surface area contributed by atoms with E-state index in [4.69, 9.17) is 5.73 Å². The van der Waals surface area contributed by atoms with E-state index in [0.717, 1.165) is 22.4 Å².